The molecule has 0 aromatic rings. The van der Waals surface area contributed by atoms with E-state index in [-0.39, 0.29) is 1.43 Å². The van der Waals surface area contributed by atoms with Crippen LogP contribution in [0.25, 0.3) is 10.4 Å². The summed E-state index contributed by atoms with van der Waals surface area (Å²) >= 11 is 0. The van der Waals surface area contributed by atoms with Crippen LogP contribution in [0, 0.1) is 0 Å². The third kappa shape index (κ3) is 2.04. The van der Waals surface area contributed by atoms with Crippen molar-refractivity contribution in [3.63, 3.8) is 0 Å². The fraction of sp³-hybridized carbons (Fsp3) is 0.667. The Morgan fingerprint density at radius 2 is 2.75 bits per heavy atom. The number of rotatable bonds is 2. The normalized spacial score (nSPS) is 14.6. The van der Waals surface area contributed by atoms with E-state index in [1.807, 2.05) is 0 Å². The van der Waals surface area contributed by atoms with Crippen molar-refractivity contribution in [2.24, 2.45) is 10.8 Å². The number of hydrogen-bond donors (Lipinski definition) is 1. The quantitative estimate of drug-likeness (QED) is 0.338. The first kappa shape index (κ1) is 2.94. The zero-order valence-corrected chi connectivity index (χ0v) is 4.40. The molecule has 0 aromatic heterocycles. The fourth-order valence-electron chi connectivity index (χ4n) is 0.134. The van der Waals surface area contributed by atoms with Gasteiger partial charge in [0.15, 0.2) is 0 Å². The second-order valence-corrected chi connectivity index (χ2v) is 1.28. The molecule has 0 aliphatic carbocycles. The highest BCUT2D eigenvalue weighted by atomic mass is 16.1. The Bertz CT molecular complexity index is 149. The minimum atomic E-state index is -0.736. The first-order valence-electron chi connectivity index (χ1n) is 5.02. The van der Waals surface area contributed by atoms with Crippen molar-refractivity contribution < 1.29 is 15.1 Å². The Morgan fingerprint density at radius 1 is 2.25 bits per heavy atom. The summed E-state index contributed by atoms with van der Waals surface area (Å²) in [6.07, 6.45) is 0. The Balaban J connectivity index is -0.0000000410. The van der Waals surface area contributed by atoms with E-state index in [4.69, 9.17) is 20.2 Å². The average Bonchev–Trinajstić information content (AvgIpc) is 2.27. The molecule has 0 rings (SSSR count). The molecule has 0 fully saturated rings. The average molecular weight is 129 g/mol. The Hall–Kier alpha value is -1.22. The third-order valence-corrected chi connectivity index (χ3v) is 0.637. The number of primary amides is 1. The summed E-state index contributed by atoms with van der Waals surface area (Å²) in [5.41, 5.74) is 12.5. The molecule has 0 aromatic carbocycles. The van der Waals surface area contributed by atoms with Crippen molar-refractivity contribution in [3.05, 3.63) is 10.4 Å². The van der Waals surface area contributed by atoms with E-state index < -0.39 is 11.9 Å². The molecule has 8 heavy (non-hydrogen) atoms. The lowest BCUT2D eigenvalue weighted by atomic mass is 10.4. The van der Waals surface area contributed by atoms with Crippen LogP contribution in [-0.2, 0) is 4.79 Å². The molecule has 1 unspecified atom stereocenters. The summed E-state index contributed by atoms with van der Waals surface area (Å²) in [5.74, 6) is -0.609. The first-order chi connectivity index (χ1) is 6.68. The summed E-state index contributed by atoms with van der Waals surface area (Å²) in [4.78, 5) is 12.4. The highest BCUT2D eigenvalue weighted by Crippen LogP contribution is 1.84. The van der Waals surface area contributed by atoms with Crippen LogP contribution in [0.5, 0.6) is 0 Å². The molecule has 0 aliphatic rings. The van der Waals surface area contributed by atoms with Crippen molar-refractivity contribution in [2.45, 2.75) is 13.0 Å². The van der Waals surface area contributed by atoms with Gasteiger partial charge >= 0.3 is 0 Å². The van der Waals surface area contributed by atoms with E-state index in [0.717, 1.165) is 0 Å². The van der Waals surface area contributed by atoms with Gasteiger partial charge in [-0.15, -0.1) is 0 Å². The van der Waals surface area contributed by atoms with Crippen LogP contribution in [0.4, 0.5) is 0 Å². The molecule has 0 saturated heterocycles. The van der Waals surface area contributed by atoms with Gasteiger partial charge in [-0.25, -0.2) is 0 Å². The first-order valence-corrected chi connectivity index (χ1v) is 2.02. The maximum atomic E-state index is 10.0. The lowest BCUT2D eigenvalue weighted by Crippen LogP contribution is -2.22. The Kier molecular flexibility index (Phi) is 1.06. The van der Waals surface area contributed by atoms with Crippen LogP contribution in [0.15, 0.2) is 5.11 Å². The number of hydrogen-bond acceptors (Lipinski definition) is 2. The van der Waals surface area contributed by atoms with Crippen molar-refractivity contribution in [3.8, 4) is 0 Å². The topological polar surface area (TPSA) is 91.8 Å². The van der Waals surface area contributed by atoms with Gasteiger partial charge in [0.2, 0.25) is 5.91 Å². The predicted octanol–water partition coefficient (Wildman–Crippen LogP) is 1.15. The van der Waals surface area contributed by atoms with Gasteiger partial charge in [0, 0.05) is 15.2 Å². The third-order valence-electron chi connectivity index (χ3n) is 0.637. The SMILES string of the molecule is CC(N=[N+]=[N-])C(N)=O.[2HH].[2H][2H].[2H][2H].[2H][2H]. The second-order valence-electron chi connectivity index (χ2n) is 1.28. The number of azide groups is 1. The maximum absolute atomic E-state index is 10.0. The molecule has 52 valence electrons. The molecule has 5 heteroatoms. The number of amides is 1. The van der Waals surface area contributed by atoms with Gasteiger partial charge in [-0.1, -0.05) is 5.11 Å². The van der Waals surface area contributed by atoms with E-state index in [1.165, 1.54) is 6.92 Å². The highest BCUT2D eigenvalue weighted by Gasteiger charge is 2.02. The van der Waals surface area contributed by atoms with Crippen LogP contribution in [-0.4, -0.2) is 11.9 Å². The lowest BCUT2D eigenvalue weighted by Gasteiger charge is -1.91. The molecule has 2 N–H and O–H groups in total. The molecule has 0 spiro atoms. The summed E-state index contributed by atoms with van der Waals surface area (Å²) in [6.45, 7) is 1.43. The molecular formula is C3H14N4O. The van der Waals surface area contributed by atoms with Crippen LogP contribution < -0.4 is 5.73 Å². The van der Waals surface area contributed by atoms with E-state index in [9.17, 15) is 4.79 Å². The van der Waals surface area contributed by atoms with Gasteiger partial charge in [0.05, 0.1) is 0 Å². The van der Waals surface area contributed by atoms with Gasteiger partial charge in [-0.3, -0.25) is 4.79 Å². The van der Waals surface area contributed by atoms with E-state index in [1.54, 1.807) is 0 Å². The van der Waals surface area contributed by atoms with Gasteiger partial charge in [-0.2, -0.15) is 0 Å². The van der Waals surface area contributed by atoms with E-state index >= 15 is 0 Å². The van der Waals surface area contributed by atoms with Crippen LogP contribution >= 0.6 is 0 Å². The van der Waals surface area contributed by atoms with Crippen molar-refractivity contribution in [2.75, 3.05) is 0 Å². The fourth-order valence-corrected chi connectivity index (χ4v) is 0.134. The Labute approximate surface area is 56.8 Å². The molecule has 0 bridgehead atoms. The van der Waals surface area contributed by atoms with Crippen molar-refractivity contribution in [1.29, 1.82) is 0 Å². The van der Waals surface area contributed by atoms with Crippen LogP contribution in [0.1, 0.15) is 17.3 Å². The second kappa shape index (κ2) is 2.87. The van der Waals surface area contributed by atoms with Crippen LogP contribution in [0.3, 0.4) is 0 Å². The number of nitrogens with zero attached hydrogens (tertiary/aromatic N) is 3. The molecule has 0 saturated carbocycles. The van der Waals surface area contributed by atoms with E-state index in [2.05, 4.69) is 10.0 Å². The number of nitrogens with two attached hydrogens (primary N) is 1. The molecular weight excluding hydrogens is 108 g/mol. The minimum absolute atomic E-state index is 0. The summed E-state index contributed by atoms with van der Waals surface area (Å²) in [7, 11) is 0. The summed E-state index contributed by atoms with van der Waals surface area (Å²) < 4.78 is 30.0. The smallest absolute Gasteiger partial charge is 0.226 e. The zero-order valence-electron chi connectivity index (χ0n) is 10.4. The summed E-state index contributed by atoms with van der Waals surface area (Å²) in [6, 6.07) is -0.736. The Morgan fingerprint density at radius 3 is 2.88 bits per heavy atom. The molecule has 1 atom stereocenters. The molecule has 5 nitrogen and oxygen atoms in total. The molecule has 0 aliphatic heterocycles. The largest absolute Gasteiger partial charge is 0.369 e. The minimum Gasteiger partial charge on any atom is -0.369 e. The summed E-state index contributed by atoms with van der Waals surface area (Å²) in [5, 5.41) is 3.03. The highest BCUT2D eigenvalue weighted by molar-refractivity contribution is 5.79. The van der Waals surface area contributed by atoms with Gasteiger partial charge < -0.3 is 5.73 Å². The van der Waals surface area contributed by atoms with Crippen molar-refractivity contribution in [1.82, 2.24) is 0 Å². The number of carbonyl (C=O) groups excluding carboxylic acids is 1. The number of carbonyl (C=O) groups is 1. The zero-order chi connectivity index (χ0) is 12.6. The molecule has 0 radical (unpaired) electrons. The maximum Gasteiger partial charge on any atom is 0.226 e. The molecule has 1 amide bonds. The monoisotopic (exact) mass is 129 g/mol. The van der Waals surface area contributed by atoms with Gasteiger partial charge in [0.1, 0.15) is 6.04 Å². The standard InChI is InChI=1S/C3H6N4O.4H2/c1-2(3(4)8)6-7-5;;;;/h2H,1H3,(H2,4,8);4*1H/i;3*1+1D;1+1. The van der Waals surface area contributed by atoms with Gasteiger partial charge in [0.25, 0.3) is 0 Å². The van der Waals surface area contributed by atoms with Crippen molar-refractivity contribution >= 4 is 5.91 Å². The van der Waals surface area contributed by atoms with Gasteiger partial charge in [-0.05, 0) is 12.5 Å². The molecule has 0 heterocycles. The lowest BCUT2D eigenvalue weighted by molar-refractivity contribution is -0.118. The van der Waals surface area contributed by atoms with Crippen LogP contribution in [0.2, 0.25) is 0 Å². The van der Waals surface area contributed by atoms with E-state index in [0.29, 0.717) is 0 Å². The predicted molar refractivity (Wildman–Crippen MR) is 36.3 cm³/mol.